The summed E-state index contributed by atoms with van der Waals surface area (Å²) in [5, 5.41) is 11.7. The average molecular weight is 299 g/mol. The van der Waals surface area contributed by atoms with Gasteiger partial charge >= 0.3 is 5.97 Å². The molecular weight excluding hydrogens is 284 g/mol. The molecule has 5 nitrogen and oxygen atoms in total. The molecule has 0 saturated carbocycles. The van der Waals surface area contributed by atoms with Crippen LogP contribution in [0.2, 0.25) is 0 Å². The minimum atomic E-state index is -1.40. The van der Waals surface area contributed by atoms with Gasteiger partial charge in [0, 0.05) is 31.6 Å². The summed E-state index contributed by atoms with van der Waals surface area (Å²) in [7, 11) is 0. The van der Waals surface area contributed by atoms with Crippen molar-refractivity contribution >= 4 is 11.9 Å². The van der Waals surface area contributed by atoms with Gasteiger partial charge in [-0.15, -0.1) is 0 Å². The van der Waals surface area contributed by atoms with Crippen molar-refractivity contribution in [3.63, 3.8) is 0 Å². The molecule has 1 saturated heterocycles. The molecule has 0 radical (unpaired) electrons. The fraction of sp³-hybridized carbons (Fsp3) is 0.429. The zero-order valence-corrected chi connectivity index (χ0v) is 11.2. The minimum Gasteiger partial charge on any atom is -0.480 e. The van der Waals surface area contributed by atoms with Gasteiger partial charge in [0.2, 0.25) is 5.91 Å². The summed E-state index contributed by atoms with van der Waals surface area (Å²) in [5.74, 6) is -3.95. The van der Waals surface area contributed by atoms with E-state index >= 15 is 0 Å². The van der Waals surface area contributed by atoms with Gasteiger partial charge in [0.25, 0.3) is 0 Å². The van der Waals surface area contributed by atoms with E-state index in [4.69, 9.17) is 4.74 Å². The summed E-state index contributed by atoms with van der Waals surface area (Å²) in [6, 6.07) is 3.53. The fourth-order valence-corrected chi connectivity index (χ4v) is 2.28. The van der Waals surface area contributed by atoms with Crippen molar-refractivity contribution in [2.45, 2.75) is 24.8 Å². The van der Waals surface area contributed by atoms with Gasteiger partial charge in [-0.25, -0.2) is 13.6 Å². The van der Waals surface area contributed by atoms with Crippen molar-refractivity contribution in [2.24, 2.45) is 0 Å². The van der Waals surface area contributed by atoms with E-state index in [1.54, 1.807) is 0 Å². The minimum absolute atomic E-state index is 0.111. The van der Waals surface area contributed by atoms with E-state index in [-0.39, 0.29) is 31.6 Å². The van der Waals surface area contributed by atoms with Crippen molar-refractivity contribution in [3.8, 4) is 0 Å². The maximum atomic E-state index is 13.5. The normalized spacial score (nSPS) is 17.2. The molecule has 1 aliphatic rings. The molecule has 1 amide bonds. The van der Waals surface area contributed by atoms with Crippen molar-refractivity contribution in [1.82, 2.24) is 5.32 Å². The van der Waals surface area contributed by atoms with Gasteiger partial charge in [0.05, 0.1) is 6.42 Å². The van der Waals surface area contributed by atoms with Crippen LogP contribution in [0.25, 0.3) is 0 Å². The van der Waals surface area contributed by atoms with Crippen molar-refractivity contribution in [3.05, 3.63) is 35.4 Å². The summed E-state index contributed by atoms with van der Waals surface area (Å²) in [6.45, 7) is 0.446. The fourth-order valence-electron chi connectivity index (χ4n) is 2.28. The van der Waals surface area contributed by atoms with Crippen LogP contribution in [-0.2, 0) is 20.7 Å². The van der Waals surface area contributed by atoms with Crippen molar-refractivity contribution in [2.75, 3.05) is 13.2 Å². The Morgan fingerprint density at radius 1 is 1.29 bits per heavy atom. The summed E-state index contributed by atoms with van der Waals surface area (Å²) >= 11 is 0. The van der Waals surface area contributed by atoms with E-state index in [9.17, 15) is 23.5 Å². The number of carbonyl (C=O) groups is 2. The third-order valence-electron chi connectivity index (χ3n) is 3.52. The Hall–Kier alpha value is -2.02. The van der Waals surface area contributed by atoms with Crippen LogP contribution in [-0.4, -0.2) is 35.7 Å². The number of nitrogens with one attached hydrogen (secondary N) is 1. The summed E-state index contributed by atoms with van der Waals surface area (Å²) in [5.41, 5.74) is -1.51. The van der Waals surface area contributed by atoms with Crippen LogP contribution in [0.5, 0.6) is 0 Å². The molecule has 1 aromatic rings. The molecule has 1 aliphatic heterocycles. The van der Waals surface area contributed by atoms with Crippen LogP contribution in [0.15, 0.2) is 18.2 Å². The number of ether oxygens (including phenoxy) is 1. The molecule has 21 heavy (non-hydrogen) atoms. The van der Waals surface area contributed by atoms with E-state index in [1.807, 2.05) is 0 Å². The maximum Gasteiger partial charge on any atom is 0.329 e. The Labute approximate surface area is 119 Å². The number of hydrogen-bond acceptors (Lipinski definition) is 3. The Balaban J connectivity index is 2.09. The van der Waals surface area contributed by atoms with Gasteiger partial charge in [-0.1, -0.05) is 12.1 Å². The Kier molecular flexibility index (Phi) is 4.52. The number of benzene rings is 1. The van der Waals surface area contributed by atoms with Gasteiger partial charge in [-0.2, -0.15) is 0 Å². The van der Waals surface area contributed by atoms with Crippen LogP contribution in [0.1, 0.15) is 18.4 Å². The number of amides is 1. The highest BCUT2D eigenvalue weighted by atomic mass is 19.2. The molecule has 1 aromatic carbocycles. The zero-order valence-electron chi connectivity index (χ0n) is 11.2. The SMILES string of the molecule is O=C(Cc1cccc(F)c1F)NC1(C(=O)O)CCOCC1. The molecule has 0 bridgehead atoms. The third-order valence-corrected chi connectivity index (χ3v) is 3.52. The lowest BCUT2D eigenvalue weighted by molar-refractivity contribution is -0.152. The number of hydrogen-bond donors (Lipinski definition) is 2. The molecule has 0 aromatic heterocycles. The summed E-state index contributed by atoms with van der Waals surface area (Å²) in [6.07, 6.45) is -0.140. The molecule has 1 heterocycles. The maximum absolute atomic E-state index is 13.5. The Bertz CT molecular complexity index is 556. The molecule has 0 atom stereocenters. The van der Waals surface area contributed by atoms with E-state index in [2.05, 4.69) is 5.32 Å². The number of aliphatic carboxylic acids is 1. The quantitative estimate of drug-likeness (QED) is 0.877. The first kappa shape index (κ1) is 15.4. The van der Waals surface area contributed by atoms with E-state index in [1.165, 1.54) is 12.1 Å². The lowest BCUT2D eigenvalue weighted by Gasteiger charge is -2.33. The molecular formula is C14H15F2NO4. The lowest BCUT2D eigenvalue weighted by Crippen LogP contribution is -2.57. The van der Waals surface area contributed by atoms with Crippen LogP contribution in [0.3, 0.4) is 0 Å². The number of halogens is 2. The standard InChI is InChI=1S/C14H15F2NO4/c15-10-3-1-2-9(12(10)16)8-11(18)17-14(13(19)20)4-6-21-7-5-14/h1-3H,4-8H2,(H,17,18)(H,19,20). The van der Waals surface area contributed by atoms with E-state index < -0.39 is 35.5 Å². The van der Waals surface area contributed by atoms with Gasteiger partial charge in [0.15, 0.2) is 11.6 Å². The van der Waals surface area contributed by atoms with E-state index in [0.717, 1.165) is 6.07 Å². The first-order valence-corrected chi connectivity index (χ1v) is 6.50. The van der Waals surface area contributed by atoms with Gasteiger partial charge in [0.1, 0.15) is 5.54 Å². The Morgan fingerprint density at radius 3 is 2.57 bits per heavy atom. The number of rotatable bonds is 4. The van der Waals surface area contributed by atoms with E-state index in [0.29, 0.717) is 0 Å². The van der Waals surface area contributed by atoms with Crippen molar-refractivity contribution < 1.29 is 28.2 Å². The largest absolute Gasteiger partial charge is 0.480 e. The van der Waals surface area contributed by atoms with Gasteiger partial charge < -0.3 is 15.2 Å². The number of carboxylic acid groups (broad SMARTS) is 1. The van der Waals surface area contributed by atoms with Crippen LogP contribution < -0.4 is 5.32 Å². The highest BCUT2D eigenvalue weighted by Gasteiger charge is 2.41. The second kappa shape index (κ2) is 6.17. The van der Waals surface area contributed by atoms with Crippen LogP contribution >= 0.6 is 0 Å². The molecule has 2 rings (SSSR count). The highest BCUT2D eigenvalue weighted by molar-refractivity contribution is 5.88. The molecule has 0 unspecified atom stereocenters. The second-order valence-corrected chi connectivity index (χ2v) is 4.94. The molecule has 114 valence electrons. The Morgan fingerprint density at radius 2 is 1.95 bits per heavy atom. The van der Waals surface area contributed by atoms with Gasteiger partial charge in [-0.3, -0.25) is 4.79 Å². The van der Waals surface area contributed by atoms with Crippen LogP contribution in [0.4, 0.5) is 8.78 Å². The highest BCUT2D eigenvalue weighted by Crippen LogP contribution is 2.21. The zero-order chi connectivity index (χ0) is 15.5. The molecule has 2 N–H and O–H groups in total. The number of carbonyl (C=O) groups excluding carboxylic acids is 1. The predicted molar refractivity (Wildman–Crippen MR) is 68.6 cm³/mol. The smallest absolute Gasteiger partial charge is 0.329 e. The topological polar surface area (TPSA) is 75.6 Å². The van der Waals surface area contributed by atoms with Crippen LogP contribution in [0, 0.1) is 11.6 Å². The second-order valence-electron chi connectivity index (χ2n) is 4.94. The van der Waals surface area contributed by atoms with Gasteiger partial charge in [-0.05, 0) is 6.07 Å². The molecule has 0 aliphatic carbocycles. The summed E-state index contributed by atoms with van der Waals surface area (Å²) < 4.78 is 31.7. The summed E-state index contributed by atoms with van der Waals surface area (Å²) in [4.78, 5) is 23.3. The molecule has 1 fully saturated rings. The average Bonchev–Trinajstić information content (AvgIpc) is 2.44. The lowest BCUT2D eigenvalue weighted by atomic mass is 9.89. The number of carboxylic acids is 1. The monoisotopic (exact) mass is 299 g/mol. The molecule has 0 spiro atoms. The first-order chi connectivity index (χ1) is 9.94. The first-order valence-electron chi connectivity index (χ1n) is 6.50. The third kappa shape index (κ3) is 3.36. The molecule has 7 heteroatoms. The predicted octanol–water partition coefficient (Wildman–Crippen LogP) is 1.26. The van der Waals surface area contributed by atoms with Crippen molar-refractivity contribution in [1.29, 1.82) is 0 Å².